The van der Waals surface area contributed by atoms with Gasteiger partial charge >= 0.3 is 0 Å². The van der Waals surface area contributed by atoms with E-state index in [2.05, 4.69) is 0 Å². The van der Waals surface area contributed by atoms with Gasteiger partial charge in [-0.3, -0.25) is 9.59 Å². The molecule has 0 saturated carbocycles. The zero-order valence-electron chi connectivity index (χ0n) is 6.99. The molecule has 1 unspecified atom stereocenters. The van der Waals surface area contributed by atoms with E-state index >= 15 is 0 Å². The van der Waals surface area contributed by atoms with Crippen molar-refractivity contribution < 1.29 is 30.0 Å². The van der Waals surface area contributed by atoms with Crippen molar-refractivity contribution in [1.82, 2.24) is 0 Å². The van der Waals surface area contributed by atoms with Crippen LogP contribution in [0.2, 0.25) is 0 Å². The van der Waals surface area contributed by atoms with Gasteiger partial charge < -0.3 is 20.4 Å². The van der Waals surface area contributed by atoms with Crippen LogP contribution >= 0.6 is 0 Å². The Balaban J connectivity index is 4.33. The van der Waals surface area contributed by atoms with E-state index in [1.807, 2.05) is 0 Å². The molecular weight excluding hydrogens is 180 g/mol. The molecule has 76 valence electrons. The number of carbonyl (C=O) groups excluding carboxylic acids is 2. The molecule has 0 spiro atoms. The maximum absolute atomic E-state index is 10.8. The van der Waals surface area contributed by atoms with Crippen LogP contribution in [0.3, 0.4) is 0 Å². The number of rotatable bonds is 5. The molecule has 4 atom stereocenters. The zero-order valence-corrected chi connectivity index (χ0v) is 6.99. The number of carbonyl (C=O) groups is 2. The van der Waals surface area contributed by atoms with Crippen LogP contribution in [0, 0.1) is 0 Å². The van der Waals surface area contributed by atoms with E-state index < -0.39 is 30.2 Å². The lowest BCUT2D eigenvalue weighted by Crippen LogP contribution is -2.45. The van der Waals surface area contributed by atoms with Crippen LogP contribution in [0.5, 0.6) is 0 Å². The summed E-state index contributed by atoms with van der Waals surface area (Å²) < 4.78 is 0. The number of hydrogen-bond acceptors (Lipinski definition) is 6. The number of aliphatic hydroxyl groups is 4. The normalized spacial score (nSPS) is 20.1. The largest absolute Gasteiger partial charge is 0.391 e. The third-order valence-corrected chi connectivity index (χ3v) is 1.53. The second kappa shape index (κ2) is 5.03. The average Bonchev–Trinajstić information content (AvgIpc) is 2.12. The van der Waals surface area contributed by atoms with Gasteiger partial charge in [-0.2, -0.15) is 0 Å². The predicted molar refractivity (Wildman–Crippen MR) is 40.8 cm³/mol. The Labute approximate surface area is 74.4 Å². The molecule has 0 heterocycles. The maximum atomic E-state index is 10.8. The fraction of sp³-hybridized carbons (Fsp3) is 0.714. The lowest BCUT2D eigenvalue weighted by molar-refractivity contribution is -0.148. The van der Waals surface area contributed by atoms with E-state index in [1.165, 1.54) is 0 Å². The van der Waals surface area contributed by atoms with Gasteiger partial charge in [-0.1, -0.05) is 0 Å². The molecule has 0 aliphatic rings. The van der Waals surface area contributed by atoms with Crippen LogP contribution in [0.15, 0.2) is 0 Å². The minimum atomic E-state index is -1.97. The van der Waals surface area contributed by atoms with Crippen molar-refractivity contribution in [1.29, 1.82) is 0 Å². The Morgan fingerprint density at radius 2 is 1.69 bits per heavy atom. The fourth-order valence-electron chi connectivity index (χ4n) is 0.674. The molecular formula is C7H12O6. The molecule has 0 radical (unpaired) electrons. The van der Waals surface area contributed by atoms with Gasteiger partial charge in [0.25, 0.3) is 0 Å². The summed E-state index contributed by atoms with van der Waals surface area (Å²) in [6, 6.07) is 0. The van der Waals surface area contributed by atoms with Gasteiger partial charge in [0.15, 0.2) is 18.2 Å². The summed E-state index contributed by atoms with van der Waals surface area (Å²) in [4.78, 5) is 20.7. The number of Topliss-reactive ketones (excluding diaryl/α,β-unsaturated/α-hetero) is 1. The van der Waals surface area contributed by atoms with Gasteiger partial charge in [0.2, 0.25) is 0 Å². The zero-order chi connectivity index (χ0) is 10.6. The summed E-state index contributed by atoms with van der Waals surface area (Å²) in [5.41, 5.74) is 0. The lowest BCUT2D eigenvalue weighted by atomic mass is 10.0. The SMILES string of the molecule is CC(O)[C@H](O)[C@@H](O)C(=O)[C@H](O)C=O. The van der Waals surface area contributed by atoms with Crippen LogP contribution in [0.4, 0.5) is 0 Å². The Hall–Kier alpha value is -0.820. The number of aliphatic hydroxyl groups excluding tert-OH is 4. The summed E-state index contributed by atoms with van der Waals surface area (Å²) in [6.45, 7) is 1.16. The molecule has 0 aromatic carbocycles. The van der Waals surface area contributed by atoms with Gasteiger partial charge in [0.05, 0.1) is 6.10 Å². The first-order valence-corrected chi connectivity index (χ1v) is 3.63. The van der Waals surface area contributed by atoms with Crippen molar-refractivity contribution >= 4 is 12.1 Å². The van der Waals surface area contributed by atoms with Crippen LogP contribution in [0.1, 0.15) is 6.92 Å². The molecule has 6 heteroatoms. The Morgan fingerprint density at radius 1 is 1.23 bits per heavy atom. The molecule has 0 aromatic rings. The van der Waals surface area contributed by atoms with Crippen LogP contribution in [-0.2, 0) is 9.59 Å². The topological polar surface area (TPSA) is 115 Å². The molecule has 0 aromatic heterocycles. The quantitative estimate of drug-likeness (QED) is 0.276. The van der Waals surface area contributed by atoms with E-state index in [0.29, 0.717) is 0 Å². The summed E-state index contributed by atoms with van der Waals surface area (Å²) in [5, 5.41) is 35.4. The highest BCUT2D eigenvalue weighted by atomic mass is 16.4. The molecule has 0 bridgehead atoms. The van der Waals surface area contributed by atoms with Crippen molar-refractivity contribution in [3.8, 4) is 0 Å². The summed E-state index contributed by atoms with van der Waals surface area (Å²) in [5.74, 6) is -1.23. The molecule has 0 amide bonds. The summed E-state index contributed by atoms with van der Waals surface area (Å²) in [6.07, 6.45) is -7.02. The van der Waals surface area contributed by atoms with Gasteiger partial charge in [0.1, 0.15) is 12.2 Å². The summed E-state index contributed by atoms with van der Waals surface area (Å²) in [7, 11) is 0. The van der Waals surface area contributed by atoms with Crippen LogP contribution < -0.4 is 0 Å². The highest BCUT2D eigenvalue weighted by molar-refractivity contribution is 5.98. The molecule has 0 rings (SSSR count). The number of aldehydes is 1. The summed E-state index contributed by atoms with van der Waals surface area (Å²) >= 11 is 0. The van der Waals surface area contributed by atoms with Crippen LogP contribution in [0.25, 0.3) is 0 Å². The third kappa shape index (κ3) is 3.19. The van der Waals surface area contributed by atoms with Gasteiger partial charge in [0, 0.05) is 0 Å². The third-order valence-electron chi connectivity index (χ3n) is 1.53. The second-order valence-electron chi connectivity index (χ2n) is 2.66. The van der Waals surface area contributed by atoms with Crippen molar-refractivity contribution in [2.45, 2.75) is 31.3 Å². The second-order valence-corrected chi connectivity index (χ2v) is 2.66. The van der Waals surface area contributed by atoms with Gasteiger partial charge in [-0.15, -0.1) is 0 Å². The van der Waals surface area contributed by atoms with E-state index in [-0.39, 0.29) is 6.29 Å². The molecule has 6 nitrogen and oxygen atoms in total. The molecule has 0 aliphatic carbocycles. The lowest BCUT2D eigenvalue weighted by Gasteiger charge is -2.19. The number of ketones is 1. The highest BCUT2D eigenvalue weighted by Gasteiger charge is 2.31. The first-order valence-electron chi connectivity index (χ1n) is 3.63. The monoisotopic (exact) mass is 192 g/mol. The molecule has 0 aliphatic heterocycles. The Kier molecular flexibility index (Phi) is 4.71. The van der Waals surface area contributed by atoms with Crippen molar-refractivity contribution in [2.24, 2.45) is 0 Å². The molecule has 0 saturated heterocycles. The smallest absolute Gasteiger partial charge is 0.199 e. The minimum absolute atomic E-state index is 0.0691. The Morgan fingerprint density at radius 3 is 2.00 bits per heavy atom. The van der Waals surface area contributed by atoms with E-state index in [9.17, 15) is 9.59 Å². The van der Waals surface area contributed by atoms with Crippen molar-refractivity contribution in [2.75, 3.05) is 0 Å². The van der Waals surface area contributed by atoms with E-state index in [0.717, 1.165) is 6.92 Å². The first-order chi connectivity index (χ1) is 5.91. The standard InChI is InChI=1S/C7H12O6/c1-3(9)5(11)7(13)6(12)4(10)2-8/h2-5,7,9-11,13H,1H3/t3?,4-,5+,7-/m1/s1. The van der Waals surface area contributed by atoms with Crippen LogP contribution in [-0.4, -0.2) is 56.9 Å². The maximum Gasteiger partial charge on any atom is 0.199 e. The highest BCUT2D eigenvalue weighted by Crippen LogP contribution is 2.02. The van der Waals surface area contributed by atoms with E-state index in [4.69, 9.17) is 20.4 Å². The predicted octanol–water partition coefficient (Wildman–Crippen LogP) is -2.78. The van der Waals surface area contributed by atoms with Gasteiger partial charge in [-0.05, 0) is 6.92 Å². The van der Waals surface area contributed by atoms with E-state index in [1.54, 1.807) is 0 Å². The molecule has 13 heavy (non-hydrogen) atoms. The first kappa shape index (κ1) is 12.2. The average molecular weight is 192 g/mol. The van der Waals surface area contributed by atoms with Crippen molar-refractivity contribution in [3.05, 3.63) is 0 Å². The minimum Gasteiger partial charge on any atom is -0.391 e. The molecule has 0 fully saturated rings. The molecule has 4 N–H and O–H groups in total. The number of hydrogen-bond donors (Lipinski definition) is 4. The van der Waals surface area contributed by atoms with Gasteiger partial charge in [-0.25, -0.2) is 0 Å². The Bertz CT molecular complexity index is 189. The van der Waals surface area contributed by atoms with Crippen molar-refractivity contribution in [3.63, 3.8) is 0 Å². The fourth-order valence-corrected chi connectivity index (χ4v) is 0.674.